The van der Waals surface area contributed by atoms with Crippen LogP contribution in [-0.2, 0) is 22.4 Å². The van der Waals surface area contributed by atoms with Gasteiger partial charge in [0.2, 0.25) is 0 Å². The second kappa shape index (κ2) is 14.8. The second-order valence-corrected chi connectivity index (χ2v) is 15.4. The van der Waals surface area contributed by atoms with Crippen molar-refractivity contribution in [3.8, 4) is 0 Å². The summed E-state index contributed by atoms with van der Waals surface area (Å²) in [4.78, 5) is 51.9. The summed E-state index contributed by atoms with van der Waals surface area (Å²) in [5.74, 6) is 0.813. The summed E-state index contributed by atoms with van der Waals surface area (Å²) in [5, 5.41) is 11.3. The number of carbonyl (C=O) groups is 3. The average molecular weight is 697 g/mol. The quantitative estimate of drug-likeness (QED) is 0.357. The third-order valence-corrected chi connectivity index (χ3v) is 12.0. The van der Waals surface area contributed by atoms with Crippen LogP contribution >= 0.6 is 0 Å². The number of hydrogen-bond donors (Lipinski definition) is 2. The fourth-order valence-corrected chi connectivity index (χ4v) is 8.75. The summed E-state index contributed by atoms with van der Waals surface area (Å²) in [5.41, 5.74) is 4.96. The largest absolute Gasteiger partial charge is 0.436 e. The molecule has 3 aromatic rings. The SMILES string of the molecule is Cc1cc(CC(OC(=O)N2CCC(N3CCc4ccccc4NC3=O)CC2)C(=O)N2CCC(N3CCN(CC4CC4)CC3)CC2)cc2cn[nH]c12. The van der Waals surface area contributed by atoms with E-state index in [4.69, 9.17) is 4.74 Å². The minimum atomic E-state index is -0.920. The van der Waals surface area contributed by atoms with Crippen molar-refractivity contribution >= 4 is 34.6 Å². The second-order valence-electron chi connectivity index (χ2n) is 15.4. The lowest BCUT2D eigenvalue weighted by atomic mass is 9.99. The van der Waals surface area contributed by atoms with Crippen molar-refractivity contribution in [2.45, 2.75) is 76.5 Å². The molecule has 272 valence electrons. The lowest BCUT2D eigenvalue weighted by Crippen LogP contribution is -2.55. The van der Waals surface area contributed by atoms with E-state index >= 15 is 0 Å². The summed E-state index contributed by atoms with van der Waals surface area (Å²) in [7, 11) is 0. The first-order valence-corrected chi connectivity index (χ1v) is 19.2. The van der Waals surface area contributed by atoms with E-state index in [2.05, 4.69) is 37.4 Å². The number of urea groups is 1. The molecule has 4 fully saturated rings. The van der Waals surface area contributed by atoms with E-state index in [1.807, 2.05) is 41.0 Å². The molecule has 51 heavy (non-hydrogen) atoms. The maximum absolute atomic E-state index is 14.2. The van der Waals surface area contributed by atoms with Gasteiger partial charge in [-0.25, -0.2) is 9.59 Å². The minimum absolute atomic E-state index is 0.0351. The highest BCUT2D eigenvalue weighted by Gasteiger charge is 2.37. The van der Waals surface area contributed by atoms with Gasteiger partial charge < -0.3 is 29.7 Å². The number of H-pyrrole nitrogens is 1. The van der Waals surface area contributed by atoms with Gasteiger partial charge in [-0.15, -0.1) is 0 Å². The Morgan fingerprint density at radius 1 is 0.882 bits per heavy atom. The molecule has 0 bridgehead atoms. The number of benzene rings is 2. The van der Waals surface area contributed by atoms with Crippen LogP contribution in [0.5, 0.6) is 0 Å². The predicted molar refractivity (Wildman–Crippen MR) is 196 cm³/mol. The molecule has 1 aromatic heterocycles. The summed E-state index contributed by atoms with van der Waals surface area (Å²) in [6.07, 6.45) is 7.51. The van der Waals surface area contributed by atoms with E-state index in [1.54, 1.807) is 11.1 Å². The monoisotopic (exact) mass is 696 g/mol. The molecule has 1 aliphatic carbocycles. The normalized spacial score (nSPS) is 22.1. The van der Waals surface area contributed by atoms with Crippen LogP contribution in [0.2, 0.25) is 0 Å². The van der Waals surface area contributed by atoms with Crippen molar-refractivity contribution in [3.63, 3.8) is 0 Å². The number of piperidine rings is 2. The van der Waals surface area contributed by atoms with Crippen molar-refractivity contribution in [1.29, 1.82) is 0 Å². The van der Waals surface area contributed by atoms with Crippen LogP contribution in [0.1, 0.15) is 55.2 Å². The van der Waals surface area contributed by atoms with Crippen molar-refractivity contribution in [2.75, 3.05) is 70.8 Å². The van der Waals surface area contributed by atoms with Gasteiger partial charge in [0.25, 0.3) is 5.91 Å². The van der Waals surface area contributed by atoms with Gasteiger partial charge >= 0.3 is 12.1 Å². The lowest BCUT2D eigenvalue weighted by molar-refractivity contribution is -0.142. The zero-order valence-corrected chi connectivity index (χ0v) is 29.9. The number of nitrogens with one attached hydrogen (secondary N) is 2. The van der Waals surface area contributed by atoms with Crippen LogP contribution in [0.3, 0.4) is 0 Å². The van der Waals surface area contributed by atoms with E-state index in [0.717, 1.165) is 84.6 Å². The number of nitrogens with zero attached hydrogens (tertiary/aromatic N) is 6. The fourth-order valence-electron chi connectivity index (χ4n) is 8.75. The number of amides is 4. The molecule has 1 atom stereocenters. The van der Waals surface area contributed by atoms with Crippen molar-refractivity contribution in [2.24, 2.45) is 5.92 Å². The Morgan fingerprint density at radius 2 is 1.61 bits per heavy atom. The molecule has 4 aliphatic heterocycles. The van der Waals surface area contributed by atoms with Gasteiger partial charge in [-0.1, -0.05) is 24.3 Å². The Morgan fingerprint density at radius 3 is 2.37 bits per heavy atom. The first kappa shape index (κ1) is 34.0. The van der Waals surface area contributed by atoms with Crippen LogP contribution in [0.4, 0.5) is 15.3 Å². The van der Waals surface area contributed by atoms with Crippen LogP contribution < -0.4 is 5.32 Å². The number of piperazine rings is 1. The number of likely N-dealkylation sites (tertiary alicyclic amines) is 2. The summed E-state index contributed by atoms with van der Waals surface area (Å²) >= 11 is 0. The maximum atomic E-state index is 14.2. The van der Waals surface area contributed by atoms with Crippen LogP contribution in [0, 0.1) is 12.8 Å². The summed E-state index contributed by atoms with van der Waals surface area (Å²) < 4.78 is 6.16. The van der Waals surface area contributed by atoms with E-state index < -0.39 is 12.2 Å². The fraction of sp³-hybridized carbons (Fsp3) is 0.590. The zero-order chi connectivity index (χ0) is 34.9. The molecule has 3 saturated heterocycles. The molecule has 12 heteroatoms. The minimum Gasteiger partial charge on any atom is -0.436 e. The van der Waals surface area contributed by atoms with Crippen molar-refractivity contribution < 1.29 is 19.1 Å². The Bertz CT molecular complexity index is 1720. The number of rotatable bonds is 8. The van der Waals surface area contributed by atoms with E-state index in [0.29, 0.717) is 58.0 Å². The Kier molecular flexibility index (Phi) is 9.87. The third-order valence-electron chi connectivity index (χ3n) is 12.0. The lowest BCUT2D eigenvalue weighted by Gasteiger charge is -2.43. The van der Waals surface area contributed by atoms with E-state index in [1.165, 1.54) is 19.4 Å². The predicted octanol–water partition coefficient (Wildman–Crippen LogP) is 4.49. The van der Waals surface area contributed by atoms with Crippen LogP contribution in [0.15, 0.2) is 42.6 Å². The Hall–Kier alpha value is -4.16. The molecular weight excluding hydrogens is 644 g/mol. The molecule has 4 amide bonds. The zero-order valence-electron chi connectivity index (χ0n) is 29.9. The molecule has 8 rings (SSSR count). The highest BCUT2D eigenvalue weighted by Crippen LogP contribution is 2.31. The first-order chi connectivity index (χ1) is 24.9. The Labute approximate surface area is 300 Å². The van der Waals surface area contributed by atoms with Crippen molar-refractivity contribution in [3.05, 3.63) is 59.3 Å². The van der Waals surface area contributed by atoms with Crippen LogP contribution in [-0.4, -0.2) is 136 Å². The molecule has 0 radical (unpaired) electrons. The number of para-hydroxylation sites is 1. The molecule has 5 heterocycles. The number of aromatic nitrogens is 2. The summed E-state index contributed by atoms with van der Waals surface area (Å²) in [6, 6.07) is 12.5. The molecule has 5 aliphatic rings. The molecule has 12 nitrogen and oxygen atoms in total. The molecule has 2 N–H and O–H groups in total. The number of fused-ring (bicyclic) bond motifs is 2. The number of aromatic amines is 1. The van der Waals surface area contributed by atoms with Crippen LogP contribution in [0.25, 0.3) is 10.9 Å². The number of anilines is 1. The molecule has 1 saturated carbocycles. The number of hydrogen-bond acceptors (Lipinski definition) is 7. The molecular formula is C39H52N8O4. The smallest absolute Gasteiger partial charge is 0.410 e. The van der Waals surface area contributed by atoms with Crippen molar-refractivity contribution in [1.82, 2.24) is 34.7 Å². The topological polar surface area (TPSA) is 117 Å². The molecule has 1 unspecified atom stereocenters. The number of aryl methyl sites for hydroxylation is 1. The third kappa shape index (κ3) is 7.72. The van der Waals surface area contributed by atoms with Gasteiger partial charge in [-0.05, 0) is 86.6 Å². The van der Waals surface area contributed by atoms with Gasteiger partial charge in [0.15, 0.2) is 6.10 Å². The average Bonchev–Trinajstić information content (AvgIpc) is 3.87. The van der Waals surface area contributed by atoms with E-state index in [9.17, 15) is 14.4 Å². The van der Waals surface area contributed by atoms with Gasteiger partial charge in [0.1, 0.15) is 0 Å². The molecule has 0 spiro atoms. The highest BCUT2D eigenvalue weighted by atomic mass is 16.6. The molecule has 2 aromatic carbocycles. The number of carbonyl (C=O) groups excluding carboxylic acids is 3. The first-order valence-electron chi connectivity index (χ1n) is 19.2. The van der Waals surface area contributed by atoms with Gasteiger partial charge in [-0.3, -0.25) is 14.8 Å². The number of ether oxygens (including phenoxy) is 1. The van der Waals surface area contributed by atoms with Gasteiger partial charge in [0, 0.05) is 95.0 Å². The van der Waals surface area contributed by atoms with Gasteiger partial charge in [-0.2, -0.15) is 5.10 Å². The van der Waals surface area contributed by atoms with E-state index in [-0.39, 0.29) is 18.0 Å². The Balaban J connectivity index is 0.892. The van der Waals surface area contributed by atoms with Gasteiger partial charge in [0.05, 0.1) is 11.7 Å². The summed E-state index contributed by atoms with van der Waals surface area (Å²) in [6.45, 7) is 10.7. The highest BCUT2D eigenvalue weighted by molar-refractivity contribution is 5.91. The standard InChI is InChI=1S/C39H52N8O4/c1-27-22-29(23-31-25-40-42-36(27)31)24-35(37(48)45-13-9-32(10-14-45)44-20-18-43(19-21-44)26-28-6-7-28)51-39(50)46-15-11-33(12-16-46)47-17-8-30-4-2-3-5-34(30)41-38(47)49/h2-5,22-23,25,28,32-33,35H,6-21,24,26H2,1H3,(H,40,42)(H,41,49). The maximum Gasteiger partial charge on any atom is 0.410 e.